The number of alkyl halides is 3. The molecule has 1 heterocycles. The summed E-state index contributed by atoms with van der Waals surface area (Å²) in [7, 11) is 0. The molecule has 1 fully saturated rings. The van der Waals surface area contributed by atoms with Gasteiger partial charge in [0.15, 0.2) is 0 Å². The number of hydrogen-bond donors (Lipinski definition) is 0. The zero-order chi connectivity index (χ0) is 21.2. The van der Waals surface area contributed by atoms with Gasteiger partial charge < -0.3 is 9.80 Å². The highest BCUT2D eigenvalue weighted by molar-refractivity contribution is 6.42. The first-order valence-corrected chi connectivity index (χ1v) is 9.63. The van der Waals surface area contributed by atoms with Crippen LogP contribution in [0.2, 0.25) is 10.0 Å². The molecular weight excluding hydrogens is 428 g/mol. The van der Waals surface area contributed by atoms with E-state index in [1.165, 1.54) is 18.2 Å². The second-order valence-electron chi connectivity index (χ2n) is 6.64. The number of amides is 2. The van der Waals surface area contributed by atoms with Crippen LogP contribution in [-0.2, 0) is 6.18 Å². The number of hydrogen-bond acceptors (Lipinski definition) is 2. The van der Waals surface area contributed by atoms with E-state index in [4.69, 9.17) is 23.2 Å². The summed E-state index contributed by atoms with van der Waals surface area (Å²) in [5.41, 5.74) is -0.215. The highest BCUT2D eigenvalue weighted by Crippen LogP contribution is 2.29. The zero-order valence-corrected chi connectivity index (χ0v) is 16.7. The van der Waals surface area contributed by atoms with Gasteiger partial charge in [0.2, 0.25) is 0 Å². The van der Waals surface area contributed by atoms with Gasteiger partial charge in [-0.3, -0.25) is 9.59 Å². The van der Waals surface area contributed by atoms with Gasteiger partial charge in [-0.05, 0) is 48.9 Å². The second-order valence-corrected chi connectivity index (χ2v) is 7.46. The molecule has 154 valence electrons. The minimum atomic E-state index is -4.45. The molecule has 3 rings (SSSR count). The van der Waals surface area contributed by atoms with Crippen LogP contribution in [-0.4, -0.2) is 47.8 Å². The predicted molar refractivity (Wildman–Crippen MR) is 104 cm³/mol. The van der Waals surface area contributed by atoms with Crippen LogP contribution in [0.3, 0.4) is 0 Å². The molecule has 2 aromatic carbocycles. The van der Waals surface area contributed by atoms with E-state index in [2.05, 4.69) is 0 Å². The number of benzene rings is 2. The molecule has 0 N–H and O–H groups in total. The lowest BCUT2D eigenvalue weighted by Crippen LogP contribution is -2.37. The van der Waals surface area contributed by atoms with Gasteiger partial charge in [-0.2, -0.15) is 13.2 Å². The molecule has 4 nitrogen and oxygen atoms in total. The molecule has 0 radical (unpaired) electrons. The van der Waals surface area contributed by atoms with Crippen molar-refractivity contribution in [3.8, 4) is 0 Å². The van der Waals surface area contributed by atoms with Crippen LogP contribution in [0.15, 0.2) is 42.5 Å². The van der Waals surface area contributed by atoms with Crippen molar-refractivity contribution in [2.45, 2.75) is 12.6 Å². The van der Waals surface area contributed by atoms with Crippen molar-refractivity contribution in [1.29, 1.82) is 0 Å². The van der Waals surface area contributed by atoms with E-state index in [-0.39, 0.29) is 28.9 Å². The minimum Gasteiger partial charge on any atom is -0.337 e. The SMILES string of the molecule is O=C(c1ccc(C(F)(F)F)cc1)N1CCCN(C(=O)c2ccc(Cl)c(Cl)c2)CC1. The molecule has 1 aliphatic rings. The van der Waals surface area contributed by atoms with Crippen LogP contribution in [0.1, 0.15) is 32.7 Å². The van der Waals surface area contributed by atoms with Crippen molar-refractivity contribution in [3.63, 3.8) is 0 Å². The first-order valence-electron chi connectivity index (χ1n) is 8.87. The fraction of sp³-hybridized carbons (Fsp3) is 0.300. The number of halogens is 5. The molecule has 29 heavy (non-hydrogen) atoms. The van der Waals surface area contributed by atoms with E-state index in [1.807, 2.05) is 0 Å². The Labute approximate surface area is 175 Å². The summed E-state index contributed by atoms with van der Waals surface area (Å²) in [5, 5.41) is 0.638. The molecule has 1 aliphatic heterocycles. The molecule has 0 spiro atoms. The average molecular weight is 445 g/mol. The standard InChI is InChI=1S/C20H17Cl2F3N2O2/c21-16-7-4-14(12-17(16)22)19(29)27-9-1-8-26(10-11-27)18(28)13-2-5-15(6-3-13)20(23,24)25/h2-7,12H,1,8-11H2. The summed E-state index contributed by atoms with van der Waals surface area (Å²) in [6, 6.07) is 8.78. The maximum Gasteiger partial charge on any atom is 0.416 e. The molecular formula is C20H17Cl2F3N2O2. The average Bonchev–Trinajstić information content (AvgIpc) is 2.94. The molecule has 2 aromatic rings. The van der Waals surface area contributed by atoms with Gasteiger partial charge in [-0.15, -0.1) is 0 Å². The van der Waals surface area contributed by atoms with E-state index in [0.29, 0.717) is 36.6 Å². The smallest absolute Gasteiger partial charge is 0.337 e. The Morgan fingerprint density at radius 2 is 1.28 bits per heavy atom. The molecule has 9 heteroatoms. The Morgan fingerprint density at radius 3 is 1.79 bits per heavy atom. The topological polar surface area (TPSA) is 40.6 Å². The number of carbonyl (C=O) groups is 2. The lowest BCUT2D eigenvalue weighted by atomic mass is 10.1. The number of rotatable bonds is 2. The van der Waals surface area contributed by atoms with Crippen LogP contribution < -0.4 is 0 Å². The first kappa shape index (κ1) is 21.5. The first-order chi connectivity index (χ1) is 13.7. The Bertz CT molecular complexity index is 917. The lowest BCUT2D eigenvalue weighted by Gasteiger charge is -2.22. The van der Waals surface area contributed by atoms with E-state index >= 15 is 0 Å². The zero-order valence-electron chi connectivity index (χ0n) is 15.2. The predicted octanol–water partition coefficient (Wildman–Crippen LogP) is 5.00. The molecule has 0 aliphatic carbocycles. The third-order valence-corrected chi connectivity index (χ3v) is 5.44. The summed E-state index contributed by atoms with van der Waals surface area (Å²) in [6.45, 7) is 1.46. The van der Waals surface area contributed by atoms with Gasteiger partial charge >= 0.3 is 6.18 Å². The molecule has 2 amide bonds. The Kier molecular flexibility index (Phi) is 6.39. The van der Waals surface area contributed by atoms with Crippen molar-refractivity contribution in [1.82, 2.24) is 9.80 Å². The lowest BCUT2D eigenvalue weighted by molar-refractivity contribution is -0.137. The van der Waals surface area contributed by atoms with Gasteiger partial charge in [0.05, 0.1) is 15.6 Å². The fourth-order valence-corrected chi connectivity index (χ4v) is 3.42. The Morgan fingerprint density at radius 1 is 0.759 bits per heavy atom. The van der Waals surface area contributed by atoms with Crippen LogP contribution in [0.5, 0.6) is 0 Å². The van der Waals surface area contributed by atoms with E-state index < -0.39 is 11.7 Å². The van der Waals surface area contributed by atoms with E-state index in [0.717, 1.165) is 12.1 Å². The number of nitrogens with zero attached hydrogens (tertiary/aromatic N) is 2. The van der Waals surface area contributed by atoms with Gasteiger partial charge in [0, 0.05) is 37.3 Å². The maximum absolute atomic E-state index is 12.7. The highest BCUT2D eigenvalue weighted by Gasteiger charge is 2.30. The molecule has 0 aromatic heterocycles. The Hall–Kier alpha value is -2.25. The summed E-state index contributed by atoms with van der Waals surface area (Å²) in [5.74, 6) is -0.574. The third-order valence-electron chi connectivity index (χ3n) is 4.70. The summed E-state index contributed by atoms with van der Waals surface area (Å²) in [4.78, 5) is 28.5. The monoisotopic (exact) mass is 444 g/mol. The van der Waals surface area contributed by atoms with Crippen LogP contribution >= 0.6 is 23.2 Å². The van der Waals surface area contributed by atoms with Crippen molar-refractivity contribution in [3.05, 3.63) is 69.2 Å². The van der Waals surface area contributed by atoms with E-state index in [9.17, 15) is 22.8 Å². The van der Waals surface area contributed by atoms with Crippen molar-refractivity contribution in [2.24, 2.45) is 0 Å². The van der Waals surface area contributed by atoms with Crippen LogP contribution in [0.4, 0.5) is 13.2 Å². The van der Waals surface area contributed by atoms with E-state index in [1.54, 1.807) is 21.9 Å². The maximum atomic E-state index is 12.7. The largest absolute Gasteiger partial charge is 0.416 e. The molecule has 0 atom stereocenters. The van der Waals surface area contributed by atoms with Gasteiger partial charge in [0.1, 0.15) is 0 Å². The van der Waals surface area contributed by atoms with Crippen LogP contribution in [0.25, 0.3) is 0 Å². The van der Waals surface area contributed by atoms with Crippen LogP contribution in [0, 0.1) is 0 Å². The normalized spacial score (nSPS) is 15.2. The molecule has 1 saturated heterocycles. The second kappa shape index (κ2) is 8.63. The summed E-state index contributed by atoms with van der Waals surface area (Å²) in [6.07, 6.45) is -3.89. The van der Waals surface area contributed by atoms with Gasteiger partial charge in [0.25, 0.3) is 11.8 Å². The van der Waals surface area contributed by atoms with Crippen molar-refractivity contribution < 1.29 is 22.8 Å². The summed E-state index contributed by atoms with van der Waals surface area (Å²) < 4.78 is 38.1. The number of carbonyl (C=O) groups excluding carboxylic acids is 2. The quantitative estimate of drug-likeness (QED) is 0.653. The highest BCUT2D eigenvalue weighted by atomic mass is 35.5. The molecule has 0 unspecified atom stereocenters. The van der Waals surface area contributed by atoms with Gasteiger partial charge in [-0.1, -0.05) is 23.2 Å². The molecule has 0 saturated carbocycles. The van der Waals surface area contributed by atoms with Crippen molar-refractivity contribution in [2.75, 3.05) is 26.2 Å². The Balaban J connectivity index is 1.66. The third kappa shape index (κ3) is 5.03. The fourth-order valence-electron chi connectivity index (χ4n) is 3.12. The van der Waals surface area contributed by atoms with Crippen molar-refractivity contribution >= 4 is 35.0 Å². The minimum absolute atomic E-state index is 0.183. The summed E-state index contributed by atoms with van der Waals surface area (Å²) >= 11 is 11.9. The molecule has 0 bridgehead atoms. The van der Waals surface area contributed by atoms with Gasteiger partial charge in [-0.25, -0.2) is 0 Å².